The SMILES string of the molecule is CCOC(=O)C1CCC(Nc2c(N)cnc3c2ccn3S(=O)(=O)c2ccccc2)CC1. The van der Waals surface area contributed by atoms with Crippen molar-refractivity contribution >= 4 is 38.4 Å². The Morgan fingerprint density at radius 2 is 1.90 bits per heavy atom. The Hall–Kier alpha value is -3.07. The Balaban J connectivity index is 1.59. The van der Waals surface area contributed by atoms with Crippen LogP contribution in [0.4, 0.5) is 11.4 Å². The molecule has 3 N–H and O–H groups in total. The topological polar surface area (TPSA) is 116 Å². The number of hydrogen-bond acceptors (Lipinski definition) is 7. The van der Waals surface area contributed by atoms with Crippen LogP contribution in [0, 0.1) is 5.92 Å². The molecule has 0 saturated heterocycles. The van der Waals surface area contributed by atoms with Gasteiger partial charge in [-0.15, -0.1) is 0 Å². The van der Waals surface area contributed by atoms with Crippen molar-refractivity contribution in [3.05, 3.63) is 48.8 Å². The van der Waals surface area contributed by atoms with E-state index in [0.29, 0.717) is 29.0 Å². The Morgan fingerprint density at radius 1 is 1.19 bits per heavy atom. The minimum atomic E-state index is -3.77. The molecule has 0 radical (unpaired) electrons. The number of anilines is 2. The molecule has 1 aliphatic rings. The first-order valence-corrected chi connectivity index (χ1v) is 11.8. The van der Waals surface area contributed by atoms with Gasteiger partial charge >= 0.3 is 5.97 Å². The highest BCUT2D eigenvalue weighted by Gasteiger charge is 2.28. The van der Waals surface area contributed by atoms with Crippen molar-refractivity contribution in [1.82, 2.24) is 8.96 Å². The molecular formula is C22H26N4O4S. The zero-order chi connectivity index (χ0) is 22.0. The number of nitrogens with one attached hydrogen (secondary N) is 1. The molecule has 1 aromatic carbocycles. The van der Waals surface area contributed by atoms with Gasteiger partial charge in [0.2, 0.25) is 0 Å². The highest BCUT2D eigenvalue weighted by Crippen LogP contribution is 2.34. The number of hydrogen-bond donors (Lipinski definition) is 2. The van der Waals surface area contributed by atoms with Crippen LogP contribution < -0.4 is 11.1 Å². The Morgan fingerprint density at radius 3 is 2.58 bits per heavy atom. The summed E-state index contributed by atoms with van der Waals surface area (Å²) in [5.41, 5.74) is 7.64. The summed E-state index contributed by atoms with van der Waals surface area (Å²) in [7, 11) is -3.77. The van der Waals surface area contributed by atoms with Crippen molar-refractivity contribution in [2.24, 2.45) is 5.92 Å². The second kappa shape index (κ2) is 8.58. The average Bonchev–Trinajstić information content (AvgIpc) is 3.22. The molecule has 31 heavy (non-hydrogen) atoms. The Kier molecular flexibility index (Phi) is 5.86. The zero-order valence-electron chi connectivity index (χ0n) is 17.3. The van der Waals surface area contributed by atoms with Crippen molar-refractivity contribution in [3.8, 4) is 0 Å². The maximum absolute atomic E-state index is 13.1. The number of nitrogens with two attached hydrogens (primary N) is 1. The number of fused-ring (bicyclic) bond motifs is 1. The van der Waals surface area contributed by atoms with E-state index in [2.05, 4.69) is 10.3 Å². The second-order valence-electron chi connectivity index (χ2n) is 7.70. The molecule has 0 bridgehead atoms. The maximum atomic E-state index is 13.1. The Bertz CT molecular complexity index is 1180. The number of rotatable bonds is 6. The first kappa shape index (κ1) is 21.2. The van der Waals surface area contributed by atoms with Crippen molar-refractivity contribution in [2.45, 2.75) is 43.5 Å². The molecule has 0 unspecified atom stereocenters. The van der Waals surface area contributed by atoms with Crippen LogP contribution >= 0.6 is 0 Å². The van der Waals surface area contributed by atoms with Crippen LogP contribution in [0.5, 0.6) is 0 Å². The summed E-state index contributed by atoms with van der Waals surface area (Å²) < 4.78 is 32.5. The first-order chi connectivity index (χ1) is 14.9. The Labute approximate surface area is 181 Å². The molecule has 0 amide bonds. The fourth-order valence-corrected chi connectivity index (χ4v) is 5.40. The molecule has 0 spiro atoms. The van der Waals surface area contributed by atoms with Crippen LogP contribution in [0.2, 0.25) is 0 Å². The van der Waals surface area contributed by atoms with Crippen molar-refractivity contribution in [1.29, 1.82) is 0 Å². The lowest BCUT2D eigenvalue weighted by Gasteiger charge is -2.29. The summed E-state index contributed by atoms with van der Waals surface area (Å²) >= 11 is 0. The number of nitrogen functional groups attached to an aromatic ring is 1. The van der Waals surface area contributed by atoms with Crippen molar-refractivity contribution in [2.75, 3.05) is 17.7 Å². The lowest BCUT2D eigenvalue weighted by Crippen LogP contribution is -2.30. The molecule has 3 aromatic rings. The number of pyridine rings is 1. The van der Waals surface area contributed by atoms with E-state index in [1.807, 2.05) is 6.92 Å². The van der Waals surface area contributed by atoms with E-state index >= 15 is 0 Å². The van der Waals surface area contributed by atoms with Crippen LogP contribution in [0.1, 0.15) is 32.6 Å². The number of esters is 1. The number of carbonyl (C=O) groups is 1. The fourth-order valence-electron chi connectivity index (χ4n) is 4.08. The zero-order valence-corrected chi connectivity index (χ0v) is 18.1. The van der Waals surface area contributed by atoms with E-state index in [4.69, 9.17) is 10.5 Å². The van der Waals surface area contributed by atoms with Crippen molar-refractivity contribution in [3.63, 3.8) is 0 Å². The van der Waals surface area contributed by atoms with Gasteiger partial charge < -0.3 is 15.8 Å². The van der Waals surface area contributed by atoms with Gasteiger partial charge in [-0.1, -0.05) is 18.2 Å². The number of nitrogens with zero attached hydrogens (tertiary/aromatic N) is 2. The van der Waals surface area contributed by atoms with E-state index in [-0.39, 0.29) is 22.8 Å². The minimum absolute atomic E-state index is 0.0649. The van der Waals surface area contributed by atoms with Gasteiger partial charge in [0.15, 0.2) is 5.65 Å². The normalized spacial score (nSPS) is 19.3. The second-order valence-corrected chi connectivity index (χ2v) is 9.52. The fraction of sp³-hybridized carbons (Fsp3) is 0.364. The molecule has 2 aromatic heterocycles. The van der Waals surface area contributed by atoms with Crippen LogP contribution in [-0.2, 0) is 19.6 Å². The van der Waals surface area contributed by atoms with Crippen LogP contribution in [0.25, 0.3) is 11.0 Å². The van der Waals surface area contributed by atoms with E-state index in [0.717, 1.165) is 25.7 Å². The number of ether oxygens (including phenoxy) is 1. The van der Waals surface area contributed by atoms with Crippen molar-refractivity contribution < 1.29 is 17.9 Å². The summed E-state index contributed by atoms with van der Waals surface area (Å²) in [6, 6.07) is 10.1. The van der Waals surface area contributed by atoms with E-state index in [1.54, 1.807) is 36.4 Å². The van der Waals surface area contributed by atoms with Gasteiger partial charge in [0.25, 0.3) is 10.0 Å². The van der Waals surface area contributed by atoms with E-state index in [1.165, 1.54) is 16.4 Å². The predicted molar refractivity (Wildman–Crippen MR) is 119 cm³/mol. The molecule has 9 heteroatoms. The molecule has 4 rings (SSSR count). The average molecular weight is 443 g/mol. The molecule has 0 aliphatic heterocycles. The summed E-state index contributed by atoms with van der Waals surface area (Å²) in [6.45, 7) is 2.21. The quantitative estimate of drug-likeness (QED) is 0.562. The molecule has 164 valence electrons. The van der Waals surface area contributed by atoms with Gasteiger partial charge in [0.05, 0.1) is 35.0 Å². The highest BCUT2D eigenvalue weighted by atomic mass is 32.2. The predicted octanol–water partition coefficient (Wildman–Crippen LogP) is 3.39. The summed E-state index contributed by atoms with van der Waals surface area (Å²) in [6.07, 6.45) is 6.07. The molecule has 0 atom stereocenters. The van der Waals surface area contributed by atoms with Gasteiger partial charge in [-0.3, -0.25) is 4.79 Å². The molecule has 1 fully saturated rings. The molecule has 8 nitrogen and oxygen atoms in total. The third-order valence-corrected chi connectivity index (χ3v) is 7.39. The number of benzene rings is 1. The lowest BCUT2D eigenvalue weighted by atomic mass is 9.86. The third-order valence-electron chi connectivity index (χ3n) is 5.71. The van der Waals surface area contributed by atoms with Crippen LogP contribution in [0.15, 0.2) is 53.7 Å². The highest BCUT2D eigenvalue weighted by molar-refractivity contribution is 7.90. The van der Waals surface area contributed by atoms with Gasteiger partial charge in [-0.05, 0) is 50.8 Å². The molecular weight excluding hydrogens is 416 g/mol. The van der Waals surface area contributed by atoms with Crippen LogP contribution in [0.3, 0.4) is 0 Å². The van der Waals surface area contributed by atoms with Gasteiger partial charge in [-0.2, -0.15) is 0 Å². The maximum Gasteiger partial charge on any atom is 0.308 e. The third kappa shape index (κ3) is 4.10. The largest absolute Gasteiger partial charge is 0.466 e. The standard InChI is InChI=1S/C22H26N4O4S/c1-2-30-22(27)15-8-10-16(11-9-15)25-20-18-12-13-26(21(18)24-14-19(20)23)31(28,29)17-6-4-3-5-7-17/h3-7,12-16H,2,8-11,23H2,1H3,(H,24,25). The van der Waals surface area contributed by atoms with E-state index in [9.17, 15) is 13.2 Å². The summed E-state index contributed by atoms with van der Waals surface area (Å²) in [4.78, 5) is 16.5. The first-order valence-electron chi connectivity index (χ1n) is 10.4. The summed E-state index contributed by atoms with van der Waals surface area (Å²) in [5, 5.41) is 4.11. The molecule has 1 aliphatic carbocycles. The smallest absolute Gasteiger partial charge is 0.308 e. The monoisotopic (exact) mass is 442 g/mol. The molecule has 1 saturated carbocycles. The van der Waals surface area contributed by atoms with Crippen LogP contribution in [-0.4, -0.2) is 36.0 Å². The number of carbonyl (C=O) groups excluding carboxylic acids is 1. The van der Waals surface area contributed by atoms with Gasteiger partial charge in [0.1, 0.15) is 0 Å². The minimum Gasteiger partial charge on any atom is -0.466 e. The number of aromatic nitrogens is 2. The van der Waals surface area contributed by atoms with Gasteiger partial charge in [-0.25, -0.2) is 17.4 Å². The lowest BCUT2D eigenvalue weighted by molar-refractivity contribution is -0.149. The summed E-state index contributed by atoms with van der Waals surface area (Å²) in [5.74, 6) is -0.195. The van der Waals surface area contributed by atoms with E-state index < -0.39 is 10.0 Å². The van der Waals surface area contributed by atoms with Gasteiger partial charge in [0, 0.05) is 17.6 Å². The molecule has 2 heterocycles.